The van der Waals surface area contributed by atoms with Crippen molar-refractivity contribution in [2.75, 3.05) is 18.9 Å². The first-order chi connectivity index (χ1) is 20.7. The molecule has 2 unspecified atom stereocenters. The third-order valence-corrected chi connectivity index (χ3v) is 10.1. The summed E-state index contributed by atoms with van der Waals surface area (Å²) in [5.41, 5.74) is 0.148. The smallest absolute Gasteiger partial charge is 0.326 e. The minimum atomic E-state index is -3.84. The van der Waals surface area contributed by atoms with Gasteiger partial charge in [0, 0.05) is 25.0 Å². The molecule has 2 aliphatic rings. The molecule has 218 valence electrons. The first-order valence-corrected chi connectivity index (χ1v) is 16.2. The number of esters is 1. The Hall–Kier alpha value is -2.18. The molecule has 1 saturated heterocycles. The van der Waals surface area contributed by atoms with Crippen molar-refractivity contribution in [1.29, 1.82) is 0 Å². The second-order valence-electron chi connectivity index (χ2n) is 11.1. The molecule has 1 amide bonds. The van der Waals surface area contributed by atoms with Crippen LogP contribution in [0.15, 0.2) is 30.2 Å². The Bertz CT molecular complexity index is 1230. The number of carboxylic acid groups (broad SMARTS) is 1. The van der Waals surface area contributed by atoms with Crippen LogP contribution in [-0.4, -0.2) is 59.1 Å². The van der Waals surface area contributed by atoms with E-state index in [0.717, 1.165) is 32.1 Å². The fourth-order valence-corrected chi connectivity index (χ4v) is 7.83. The van der Waals surface area contributed by atoms with E-state index in [1.807, 2.05) is 0 Å². The zero-order valence-electron chi connectivity index (χ0n) is 28.4. The highest BCUT2D eigenvalue weighted by molar-refractivity contribution is 7.59. The second kappa shape index (κ2) is 15.0. The van der Waals surface area contributed by atoms with Crippen LogP contribution in [0.25, 0.3) is 0 Å². The van der Waals surface area contributed by atoms with E-state index in [4.69, 9.17) is 16.1 Å². The van der Waals surface area contributed by atoms with Gasteiger partial charge >= 0.3 is 11.9 Å². The van der Waals surface area contributed by atoms with Crippen LogP contribution >= 0.6 is 7.37 Å². The number of hydrogen-bond acceptors (Lipinski definition) is 6. The number of aliphatic carboxylic acids is 1. The van der Waals surface area contributed by atoms with Gasteiger partial charge in [-0.25, -0.2) is 4.79 Å². The van der Waals surface area contributed by atoms with Crippen molar-refractivity contribution in [3.8, 4) is 0 Å². The molecule has 1 aromatic rings. The van der Waals surface area contributed by atoms with Crippen molar-refractivity contribution in [1.82, 2.24) is 4.90 Å². The van der Waals surface area contributed by atoms with E-state index < -0.39 is 61.8 Å². The number of benzene rings is 1. The summed E-state index contributed by atoms with van der Waals surface area (Å²) in [6, 6.07) is -2.93. The van der Waals surface area contributed by atoms with Crippen LogP contribution in [0.5, 0.6) is 0 Å². The highest BCUT2D eigenvalue weighted by Gasteiger charge is 2.44. The summed E-state index contributed by atoms with van der Waals surface area (Å²) in [5, 5.41) is 9.95. The first kappa shape index (κ1) is 24.6. The Kier molecular flexibility index (Phi) is 9.46. The number of hydrogen-bond donors (Lipinski definition) is 1. The van der Waals surface area contributed by atoms with Gasteiger partial charge in [-0.1, -0.05) is 83.1 Å². The first-order valence-electron chi connectivity index (χ1n) is 16.7. The maximum Gasteiger partial charge on any atom is 0.326 e. The van der Waals surface area contributed by atoms with Crippen LogP contribution in [0.4, 0.5) is 0 Å². The van der Waals surface area contributed by atoms with E-state index in [9.17, 15) is 24.1 Å². The monoisotopic (exact) mass is 568 g/mol. The van der Waals surface area contributed by atoms with Crippen molar-refractivity contribution in [2.45, 2.75) is 97.3 Å². The summed E-state index contributed by atoms with van der Waals surface area (Å²) in [7, 11) is -3.84. The number of amides is 1. The average molecular weight is 569 g/mol. The minimum Gasteiger partial charge on any atom is -0.480 e. The number of rotatable bonds is 14. The fourth-order valence-electron chi connectivity index (χ4n) is 5.53. The summed E-state index contributed by atoms with van der Waals surface area (Å²) in [4.78, 5) is 39.3. The molecular formula is C30H46NO7P. The number of nitrogens with zero attached hydrogens (tertiary/aromatic N) is 1. The normalized spacial score (nSPS) is 24.2. The number of ether oxygens (including phenoxy) is 1. The Labute approximate surface area is 240 Å². The van der Waals surface area contributed by atoms with E-state index in [1.54, 1.807) is 20.8 Å². The SMILES string of the molecule is [2H]c1c([2H])c([2H])c(CCCCP(=O)(CC(=O)N2C[C@H](C3CCCCC3)C[C@@H]2C(=O)O)OC(OC(=O)CC)C(C)C)c([2H])c1[2H]. The summed E-state index contributed by atoms with van der Waals surface area (Å²) >= 11 is 0. The highest BCUT2D eigenvalue weighted by atomic mass is 31.2. The zero-order valence-corrected chi connectivity index (χ0v) is 24.3. The predicted octanol–water partition coefficient (Wildman–Crippen LogP) is 6.12. The van der Waals surface area contributed by atoms with Gasteiger partial charge in [0.2, 0.25) is 19.6 Å². The molecule has 8 nitrogen and oxygen atoms in total. The summed E-state index contributed by atoms with van der Waals surface area (Å²) in [6.07, 6.45) is 4.61. The van der Waals surface area contributed by atoms with Gasteiger partial charge in [0.25, 0.3) is 0 Å². The maximum absolute atomic E-state index is 14.4. The largest absolute Gasteiger partial charge is 0.480 e. The van der Waals surface area contributed by atoms with E-state index in [1.165, 1.54) is 4.90 Å². The van der Waals surface area contributed by atoms with Crippen molar-refractivity contribution >= 4 is 25.2 Å². The number of likely N-dealkylation sites (tertiary alicyclic amines) is 1. The Morgan fingerprint density at radius 3 is 2.41 bits per heavy atom. The van der Waals surface area contributed by atoms with Gasteiger partial charge in [0.15, 0.2) is 0 Å². The molecule has 1 aliphatic heterocycles. The summed E-state index contributed by atoms with van der Waals surface area (Å²) in [6.45, 7) is 5.36. The molecule has 1 heterocycles. The Morgan fingerprint density at radius 2 is 1.79 bits per heavy atom. The van der Waals surface area contributed by atoms with Crippen LogP contribution in [0.1, 0.15) is 91.0 Å². The molecule has 1 N–H and O–H groups in total. The van der Waals surface area contributed by atoms with Crippen LogP contribution in [0.3, 0.4) is 0 Å². The third kappa shape index (κ3) is 9.46. The van der Waals surface area contributed by atoms with Gasteiger partial charge in [-0.3, -0.25) is 18.7 Å². The molecule has 0 aromatic heterocycles. The average Bonchev–Trinajstić information content (AvgIpc) is 3.45. The fraction of sp³-hybridized carbons (Fsp3) is 0.700. The molecule has 2 fully saturated rings. The van der Waals surface area contributed by atoms with Crippen LogP contribution in [0, 0.1) is 17.8 Å². The lowest BCUT2D eigenvalue weighted by atomic mass is 9.79. The lowest BCUT2D eigenvalue weighted by molar-refractivity contribution is -0.169. The molecule has 39 heavy (non-hydrogen) atoms. The molecule has 0 spiro atoms. The molecule has 3 rings (SSSR count). The van der Waals surface area contributed by atoms with E-state index >= 15 is 0 Å². The molecule has 0 bridgehead atoms. The second-order valence-corrected chi connectivity index (χ2v) is 13.7. The van der Waals surface area contributed by atoms with Gasteiger partial charge in [0.05, 0.1) is 6.85 Å². The Balaban J connectivity index is 1.79. The molecule has 0 radical (unpaired) electrons. The minimum absolute atomic E-state index is 0.0617. The van der Waals surface area contributed by atoms with Gasteiger partial charge in [-0.2, -0.15) is 0 Å². The molecule has 1 saturated carbocycles. The van der Waals surface area contributed by atoms with Gasteiger partial charge < -0.3 is 14.7 Å². The number of carbonyl (C=O) groups excluding carboxylic acids is 2. The van der Waals surface area contributed by atoms with Crippen molar-refractivity contribution in [2.24, 2.45) is 17.8 Å². The van der Waals surface area contributed by atoms with Gasteiger partial charge in [-0.15, -0.1) is 0 Å². The van der Waals surface area contributed by atoms with E-state index in [2.05, 4.69) is 0 Å². The topological polar surface area (TPSA) is 110 Å². The van der Waals surface area contributed by atoms with Crippen LogP contribution < -0.4 is 0 Å². The van der Waals surface area contributed by atoms with Gasteiger partial charge in [-0.05, 0) is 43.1 Å². The van der Waals surface area contributed by atoms with Crippen molar-refractivity contribution < 1.29 is 40.2 Å². The molecular weight excluding hydrogens is 517 g/mol. The molecule has 9 heteroatoms. The Morgan fingerprint density at radius 1 is 1.10 bits per heavy atom. The zero-order chi connectivity index (χ0) is 32.8. The van der Waals surface area contributed by atoms with Crippen LogP contribution in [-0.2, 0) is 34.6 Å². The van der Waals surface area contributed by atoms with Crippen molar-refractivity contribution in [3.05, 3.63) is 35.8 Å². The van der Waals surface area contributed by atoms with Crippen molar-refractivity contribution in [3.63, 3.8) is 0 Å². The number of unbranched alkanes of at least 4 members (excludes halogenated alkanes) is 1. The third-order valence-electron chi connectivity index (χ3n) is 7.74. The summed E-state index contributed by atoms with van der Waals surface area (Å²) < 4.78 is 65.6. The lowest BCUT2D eigenvalue weighted by Gasteiger charge is -2.30. The number of carbonyl (C=O) groups is 3. The molecule has 1 aromatic carbocycles. The lowest BCUT2D eigenvalue weighted by Crippen LogP contribution is -2.42. The molecule has 1 aliphatic carbocycles. The van der Waals surface area contributed by atoms with Gasteiger partial charge in [0.1, 0.15) is 12.2 Å². The quantitative estimate of drug-likeness (QED) is 0.125. The van der Waals surface area contributed by atoms with E-state index in [0.29, 0.717) is 18.8 Å². The number of carboxylic acids is 1. The summed E-state index contributed by atoms with van der Waals surface area (Å²) in [5.74, 6) is -2.19. The highest BCUT2D eigenvalue weighted by Crippen LogP contribution is 2.51. The predicted molar refractivity (Wildman–Crippen MR) is 151 cm³/mol. The van der Waals surface area contributed by atoms with E-state index in [-0.39, 0.29) is 61.5 Å². The van der Waals surface area contributed by atoms with Crippen LogP contribution in [0.2, 0.25) is 0 Å². The standard InChI is InChI=1S/C30H46NO7P/c1-4-28(33)37-30(22(2)3)38-39(36,18-12-11-15-23-13-7-5-8-14-23)21-27(32)31-20-25(19-26(31)29(34)35)24-16-9-6-10-17-24/h5,7-8,13-14,22,24-26,30H,4,6,9-12,15-21H2,1-3H3,(H,34,35)/t25-,26-,30?,39?/m1/s1/i5D,7D,8D,13D,14D. The molecule has 4 atom stereocenters. The maximum atomic E-state index is 14.4.